The molecule has 0 aliphatic carbocycles. The number of carboxylic acid groups (broad SMARTS) is 1. The first kappa shape index (κ1) is 15.7. The Labute approximate surface area is 115 Å². The van der Waals surface area contributed by atoms with Gasteiger partial charge < -0.3 is 5.11 Å². The van der Waals surface area contributed by atoms with E-state index in [0.29, 0.717) is 5.92 Å². The highest BCUT2D eigenvalue weighted by Crippen LogP contribution is 2.26. The molecule has 0 spiro atoms. The van der Waals surface area contributed by atoms with Crippen LogP contribution in [0.2, 0.25) is 0 Å². The molecule has 0 aromatic carbocycles. The van der Waals surface area contributed by atoms with Crippen molar-refractivity contribution in [3.63, 3.8) is 0 Å². The Balaban J connectivity index is 3.03. The lowest BCUT2D eigenvalue weighted by Crippen LogP contribution is -2.35. The molecule has 1 unspecified atom stereocenters. The predicted octanol–water partition coefficient (Wildman–Crippen LogP) is 2.14. The van der Waals surface area contributed by atoms with Crippen LogP contribution in [-0.2, 0) is 11.8 Å². The molecular formula is C14H25N3O2. The molecule has 19 heavy (non-hydrogen) atoms. The maximum Gasteiger partial charge on any atom is 0.317 e. The second kappa shape index (κ2) is 6.19. The highest BCUT2D eigenvalue weighted by molar-refractivity contribution is 5.69. The Kier molecular flexibility index (Phi) is 5.11. The van der Waals surface area contributed by atoms with Gasteiger partial charge in [0.15, 0.2) is 0 Å². The zero-order valence-corrected chi connectivity index (χ0v) is 12.8. The third-order valence-electron chi connectivity index (χ3n) is 3.47. The highest BCUT2D eigenvalue weighted by Gasteiger charge is 2.24. The van der Waals surface area contributed by atoms with Crippen molar-refractivity contribution in [2.75, 3.05) is 13.1 Å². The molecule has 1 aromatic heterocycles. The van der Waals surface area contributed by atoms with Crippen molar-refractivity contribution in [2.24, 2.45) is 13.0 Å². The summed E-state index contributed by atoms with van der Waals surface area (Å²) in [7, 11) is 1.92. The van der Waals surface area contributed by atoms with Crippen molar-refractivity contribution in [2.45, 2.75) is 40.7 Å². The number of carbonyl (C=O) groups is 1. The molecule has 0 fully saturated rings. The van der Waals surface area contributed by atoms with Crippen molar-refractivity contribution in [3.05, 3.63) is 17.0 Å². The molecule has 1 N–H and O–H groups in total. The van der Waals surface area contributed by atoms with Gasteiger partial charge in [0.25, 0.3) is 0 Å². The van der Waals surface area contributed by atoms with Gasteiger partial charge >= 0.3 is 5.97 Å². The minimum Gasteiger partial charge on any atom is -0.480 e. The molecule has 5 heteroatoms. The van der Waals surface area contributed by atoms with Crippen LogP contribution in [0.15, 0.2) is 0 Å². The third kappa shape index (κ3) is 3.80. The molecule has 1 atom stereocenters. The van der Waals surface area contributed by atoms with Gasteiger partial charge in [0, 0.05) is 30.9 Å². The van der Waals surface area contributed by atoms with Gasteiger partial charge in [0.1, 0.15) is 0 Å². The van der Waals surface area contributed by atoms with Crippen molar-refractivity contribution < 1.29 is 9.90 Å². The number of rotatable bonds is 6. The molecule has 0 saturated carbocycles. The molecule has 0 saturated heterocycles. The molecule has 1 heterocycles. The Bertz CT molecular complexity index is 452. The van der Waals surface area contributed by atoms with Crippen LogP contribution in [0, 0.1) is 19.8 Å². The minimum absolute atomic E-state index is 0.0622. The standard InChI is InChI=1S/C14H25N3O2/c1-9(2)7-17(8-13(18)19)12(5)14-10(3)15-16(6)11(14)4/h9,12H,7-8H2,1-6H3,(H,18,19). The Hall–Kier alpha value is -1.36. The van der Waals surface area contributed by atoms with Gasteiger partial charge in [-0.25, -0.2) is 0 Å². The Morgan fingerprint density at radius 3 is 2.32 bits per heavy atom. The second-order valence-corrected chi connectivity index (χ2v) is 5.60. The lowest BCUT2D eigenvalue weighted by molar-refractivity contribution is -0.139. The Morgan fingerprint density at radius 2 is 1.95 bits per heavy atom. The molecule has 0 aliphatic heterocycles. The molecule has 0 bridgehead atoms. The van der Waals surface area contributed by atoms with Gasteiger partial charge in [0.2, 0.25) is 0 Å². The van der Waals surface area contributed by atoms with Crippen LogP contribution in [-0.4, -0.2) is 38.8 Å². The maximum atomic E-state index is 11.0. The van der Waals surface area contributed by atoms with Gasteiger partial charge in [-0.15, -0.1) is 0 Å². The smallest absolute Gasteiger partial charge is 0.317 e. The molecule has 0 amide bonds. The van der Waals surface area contributed by atoms with Crippen LogP contribution < -0.4 is 0 Å². The van der Waals surface area contributed by atoms with E-state index >= 15 is 0 Å². The van der Waals surface area contributed by atoms with E-state index in [-0.39, 0.29) is 12.6 Å². The number of aliphatic carboxylic acids is 1. The summed E-state index contributed by atoms with van der Waals surface area (Å²) in [6.45, 7) is 11.1. The summed E-state index contributed by atoms with van der Waals surface area (Å²) in [6, 6.07) is 0.0622. The number of carboxylic acids is 1. The molecule has 5 nitrogen and oxygen atoms in total. The number of aryl methyl sites for hydroxylation is 2. The number of hydrogen-bond donors (Lipinski definition) is 1. The number of aromatic nitrogens is 2. The molecule has 0 radical (unpaired) electrons. The molecule has 108 valence electrons. The van der Waals surface area contributed by atoms with Crippen molar-refractivity contribution in [3.8, 4) is 0 Å². The maximum absolute atomic E-state index is 11.0. The van der Waals surface area contributed by atoms with Gasteiger partial charge in [-0.05, 0) is 26.7 Å². The second-order valence-electron chi connectivity index (χ2n) is 5.60. The van der Waals surface area contributed by atoms with E-state index in [1.165, 1.54) is 0 Å². The number of nitrogens with zero attached hydrogens (tertiary/aromatic N) is 3. The lowest BCUT2D eigenvalue weighted by Gasteiger charge is -2.29. The van der Waals surface area contributed by atoms with Crippen molar-refractivity contribution >= 4 is 5.97 Å². The van der Waals surface area contributed by atoms with Gasteiger partial charge in [-0.3, -0.25) is 14.4 Å². The summed E-state index contributed by atoms with van der Waals surface area (Å²) in [5.41, 5.74) is 3.22. The van der Waals surface area contributed by atoms with Crippen LogP contribution in [0.5, 0.6) is 0 Å². The van der Waals surface area contributed by atoms with Crippen LogP contribution in [0.4, 0.5) is 0 Å². The average molecular weight is 267 g/mol. The quantitative estimate of drug-likeness (QED) is 0.858. The first-order valence-electron chi connectivity index (χ1n) is 6.70. The van der Waals surface area contributed by atoms with Gasteiger partial charge in [0.05, 0.1) is 12.2 Å². The van der Waals surface area contributed by atoms with Gasteiger partial charge in [-0.2, -0.15) is 5.10 Å². The molecule has 0 aliphatic rings. The topological polar surface area (TPSA) is 58.4 Å². The van der Waals surface area contributed by atoms with Crippen molar-refractivity contribution in [1.29, 1.82) is 0 Å². The zero-order valence-electron chi connectivity index (χ0n) is 12.8. The summed E-state index contributed by atoms with van der Waals surface area (Å²) < 4.78 is 1.86. The minimum atomic E-state index is -0.785. The molecular weight excluding hydrogens is 242 g/mol. The third-order valence-corrected chi connectivity index (χ3v) is 3.47. The van der Waals surface area contributed by atoms with E-state index in [2.05, 4.69) is 25.9 Å². The van der Waals surface area contributed by atoms with E-state index in [9.17, 15) is 4.79 Å². The predicted molar refractivity (Wildman–Crippen MR) is 75.1 cm³/mol. The van der Waals surface area contributed by atoms with Crippen molar-refractivity contribution in [1.82, 2.24) is 14.7 Å². The summed E-state index contributed by atoms with van der Waals surface area (Å²) in [4.78, 5) is 13.0. The first-order valence-corrected chi connectivity index (χ1v) is 6.70. The summed E-state index contributed by atoms with van der Waals surface area (Å²) in [5, 5.41) is 13.5. The SMILES string of the molecule is Cc1nn(C)c(C)c1C(C)N(CC(=O)O)CC(C)C. The molecule has 1 aromatic rings. The van der Waals surface area contributed by atoms with Crippen LogP contribution in [0.3, 0.4) is 0 Å². The summed E-state index contributed by atoms with van der Waals surface area (Å²) in [6.07, 6.45) is 0. The van der Waals surface area contributed by atoms with E-state index in [1.807, 2.05) is 30.5 Å². The van der Waals surface area contributed by atoms with E-state index in [0.717, 1.165) is 23.5 Å². The van der Waals surface area contributed by atoms with Crippen LogP contribution >= 0.6 is 0 Å². The summed E-state index contributed by atoms with van der Waals surface area (Å²) >= 11 is 0. The first-order chi connectivity index (χ1) is 8.73. The lowest BCUT2D eigenvalue weighted by atomic mass is 10.0. The largest absolute Gasteiger partial charge is 0.480 e. The molecule has 1 rings (SSSR count). The van der Waals surface area contributed by atoms with E-state index in [4.69, 9.17) is 5.11 Å². The fourth-order valence-electron chi connectivity index (χ4n) is 2.58. The average Bonchev–Trinajstić information content (AvgIpc) is 2.50. The van der Waals surface area contributed by atoms with Gasteiger partial charge in [-0.1, -0.05) is 13.8 Å². The van der Waals surface area contributed by atoms with E-state index in [1.54, 1.807) is 0 Å². The highest BCUT2D eigenvalue weighted by atomic mass is 16.4. The number of hydrogen-bond acceptors (Lipinski definition) is 3. The Morgan fingerprint density at radius 1 is 1.37 bits per heavy atom. The monoisotopic (exact) mass is 267 g/mol. The fraction of sp³-hybridized carbons (Fsp3) is 0.714. The van der Waals surface area contributed by atoms with Crippen LogP contribution in [0.1, 0.15) is 43.8 Å². The fourth-order valence-corrected chi connectivity index (χ4v) is 2.58. The van der Waals surface area contributed by atoms with Crippen LogP contribution in [0.25, 0.3) is 0 Å². The summed E-state index contributed by atoms with van der Waals surface area (Å²) in [5.74, 6) is -0.356. The zero-order chi connectivity index (χ0) is 14.7. The normalized spacial score (nSPS) is 13.3. The van der Waals surface area contributed by atoms with E-state index < -0.39 is 5.97 Å².